The molecule has 2 unspecified atom stereocenters. The second-order valence-corrected chi connectivity index (χ2v) is 7.27. The molecular formula is C17H20OS. The molecule has 1 aromatic rings. The van der Waals surface area contributed by atoms with Gasteiger partial charge in [0.25, 0.3) is 0 Å². The Morgan fingerprint density at radius 3 is 2.58 bits per heavy atom. The van der Waals surface area contributed by atoms with Gasteiger partial charge in [0.2, 0.25) is 0 Å². The van der Waals surface area contributed by atoms with Crippen LogP contribution in [-0.2, 0) is 4.79 Å². The third-order valence-electron chi connectivity index (χ3n) is 5.29. The molecule has 2 saturated carbocycles. The van der Waals surface area contributed by atoms with Crippen molar-refractivity contribution >= 4 is 17.5 Å². The Morgan fingerprint density at radius 2 is 2.00 bits per heavy atom. The van der Waals surface area contributed by atoms with Gasteiger partial charge in [0.05, 0.1) is 5.41 Å². The van der Waals surface area contributed by atoms with E-state index in [1.165, 1.54) is 11.3 Å². The van der Waals surface area contributed by atoms with Crippen molar-refractivity contribution in [1.29, 1.82) is 0 Å². The molecule has 2 fully saturated rings. The summed E-state index contributed by atoms with van der Waals surface area (Å²) >= 11 is 1.71. The van der Waals surface area contributed by atoms with Crippen molar-refractivity contribution in [1.82, 2.24) is 0 Å². The van der Waals surface area contributed by atoms with E-state index in [9.17, 15) is 4.79 Å². The molecule has 0 radical (unpaired) electrons. The molecule has 0 heterocycles. The second-order valence-electron chi connectivity index (χ2n) is 6.29. The predicted molar refractivity (Wildman–Crippen MR) is 80.0 cm³/mol. The number of carbonyl (C=O) groups is 1. The van der Waals surface area contributed by atoms with Crippen LogP contribution in [0.15, 0.2) is 46.7 Å². The molecule has 19 heavy (non-hydrogen) atoms. The van der Waals surface area contributed by atoms with Crippen LogP contribution in [0.3, 0.4) is 0 Å². The van der Waals surface area contributed by atoms with Crippen LogP contribution in [0.5, 0.6) is 0 Å². The highest BCUT2D eigenvalue weighted by Crippen LogP contribution is 2.64. The van der Waals surface area contributed by atoms with E-state index in [4.69, 9.17) is 0 Å². The first kappa shape index (κ1) is 13.0. The normalized spacial score (nSPS) is 32.3. The number of Topliss-reactive ketones (excluding diaryl/α,β-unsaturated/α-hetero) is 1. The fraction of sp³-hybridized carbons (Fsp3) is 0.471. The molecule has 0 aromatic heterocycles. The maximum absolute atomic E-state index is 12.4. The number of fused-ring (bicyclic) bond motifs is 2. The fourth-order valence-electron chi connectivity index (χ4n) is 3.83. The number of benzene rings is 1. The van der Waals surface area contributed by atoms with Crippen LogP contribution in [0.4, 0.5) is 0 Å². The zero-order valence-corrected chi connectivity index (χ0v) is 12.4. The van der Waals surface area contributed by atoms with Crippen LogP contribution in [-0.4, -0.2) is 5.78 Å². The van der Waals surface area contributed by atoms with E-state index >= 15 is 0 Å². The number of allylic oxidation sites excluding steroid dienone is 1. The standard InChI is InChI=1S/C17H20OS/c1-16(2)13-8-9-17(16,15(18)12-13)10-11-19-14-6-4-3-5-7-14/h3-7,10-11,13H,8-9,12H2,1-2H3. The van der Waals surface area contributed by atoms with Gasteiger partial charge in [-0.3, -0.25) is 4.79 Å². The van der Waals surface area contributed by atoms with Crippen molar-refractivity contribution in [3.63, 3.8) is 0 Å². The molecule has 100 valence electrons. The van der Waals surface area contributed by atoms with E-state index in [1.54, 1.807) is 11.8 Å². The summed E-state index contributed by atoms with van der Waals surface area (Å²) in [4.78, 5) is 13.6. The summed E-state index contributed by atoms with van der Waals surface area (Å²) in [7, 11) is 0. The zero-order valence-electron chi connectivity index (χ0n) is 11.6. The van der Waals surface area contributed by atoms with E-state index < -0.39 is 0 Å². The second kappa shape index (κ2) is 4.52. The lowest BCUT2D eigenvalue weighted by Gasteiger charge is -2.33. The van der Waals surface area contributed by atoms with Crippen molar-refractivity contribution in [2.24, 2.45) is 16.7 Å². The number of rotatable bonds is 3. The van der Waals surface area contributed by atoms with Gasteiger partial charge in [-0.05, 0) is 41.7 Å². The maximum Gasteiger partial charge on any atom is 0.143 e. The first-order chi connectivity index (χ1) is 9.06. The van der Waals surface area contributed by atoms with Gasteiger partial charge in [0.1, 0.15) is 5.78 Å². The van der Waals surface area contributed by atoms with Crippen molar-refractivity contribution in [2.45, 2.75) is 38.0 Å². The summed E-state index contributed by atoms with van der Waals surface area (Å²) < 4.78 is 0. The smallest absolute Gasteiger partial charge is 0.143 e. The van der Waals surface area contributed by atoms with E-state index in [-0.39, 0.29) is 10.8 Å². The summed E-state index contributed by atoms with van der Waals surface area (Å²) in [5.41, 5.74) is -0.0583. The van der Waals surface area contributed by atoms with E-state index in [0.29, 0.717) is 11.7 Å². The van der Waals surface area contributed by atoms with Crippen LogP contribution in [0, 0.1) is 16.7 Å². The van der Waals surface area contributed by atoms with Gasteiger partial charge in [0, 0.05) is 11.3 Å². The first-order valence-electron chi connectivity index (χ1n) is 6.99. The summed E-state index contributed by atoms with van der Waals surface area (Å²) in [5, 5.41) is 2.13. The number of thioether (sulfide) groups is 1. The average Bonchev–Trinajstić information content (AvgIpc) is 2.74. The minimum atomic E-state index is -0.195. The molecule has 2 atom stereocenters. The van der Waals surface area contributed by atoms with Gasteiger partial charge < -0.3 is 0 Å². The van der Waals surface area contributed by atoms with Gasteiger partial charge in [0.15, 0.2) is 0 Å². The van der Waals surface area contributed by atoms with Crippen LogP contribution in [0.25, 0.3) is 0 Å². The van der Waals surface area contributed by atoms with Gasteiger partial charge in [-0.15, -0.1) is 0 Å². The Bertz CT molecular complexity index is 517. The van der Waals surface area contributed by atoms with E-state index in [1.807, 2.05) is 18.2 Å². The molecule has 3 rings (SSSR count). The minimum Gasteiger partial charge on any atom is -0.299 e. The SMILES string of the molecule is CC1(C)C2CCC1(C=CSc1ccccc1)C(=O)C2. The van der Waals surface area contributed by atoms with Crippen molar-refractivity contribution in [2.75, 3.05) is 0 Å². The summed E-state index contributed by atoms with van der Waals surface area (Å²) in [6, 6.07) is 10.3. The van der Waals surface area contributed by atoms with Gasteiger partial charge in [-0.25, -0.2) is 0 Å². The molecule has 0 spiro atoms. The van der Waals surface area contributed by atoms with Gasteiger partial charge in [-0.1, -0.05) is 49.9 Å². The molecule has 0 aliphatic heterocycles. The van der Waals surface area contributed by atoms with Crippen molar-refractivity contribution < 1.29 is 4.79 Å². The molecular weight excluding hydrogens is 252 g/mol. The predicted octanol–water partition coefficient (Wildman–Crippen LogP) is 4.69. The Morgan fingerprint density at radius 1 is 1.26 bits per heavy atom. The largest absolute Gasteiger partial charge is 0.299 e. The summed E-state index contributed by atoms with van der Waals surface area (Å²) in [6.45, 7) is 4.54. The molecule has 2 bridgehead atoms. The van der Waals surface area contributed by atoms with Crippen LogP contribution < -0.4 is 0 Å². The van der Waals surface area contributed by atoms with Crippen LogP contribution in [0.2, 0.25) is 0 Å². The van der Waals surface area contributed by atoms with Crippen LogP contribution >= 0.6 is 11.8 Å². The highest BCUT2D eigenvalue weighted by Gasteiger charge is 2.62. The van der Waals surface area contributed by atoms with Gasteiger partial charge >= 0.3 is 0 Å². The highest BCUT2D eigenvalue weighted by atomic mass is 32.2. The third kappa shape index (κ3) is 1.88. The van der Waals surface area contributed by atoms with Gasteiger partial charge in [-0.2, -0.15) is 0 Å². The number of hydrogen-bond donors (Lipinski definition) is 0. The number of hydrogen-bond acceptors (Lipinski definition) is 2. The van der Waals surface area contributed by atoms with E-state index in [0.717, 1.165) is 12.8 Å². The average molecular weight is 272 g/mol. The Hall–Kier alpha value is -1.02. The molecule has 1 nitrogen and oxygen atoms in total. The lowest BCUT2D eigenvalue weighted by Crippen LogP contribution is -2.33. The van der Waals surface area contributed by atoms with E-state index in [2.05, 4.69) is 37.5 Å². The minimum absolute atomic E-state index is 0.137. The Labute approximate surface area is 119 Å². The first-order valence-corrected chi connectivity index (χ1v) is 7.87. The lowest BCUT2D eigenvalue weighted by atomic mass is 9.69. The number of carbonyl (C=O) groups excluding carboxylic acids is 1. The summed E-state index contributed by atoms with van der Waals surface area (Å²) in [5.74, 6) is 1.05. The molecule has 0 amide bonds. The van der Waals surface area contributed by atoms with Crippen LogP contribution in [0.1, 0.15) is 33.1 Å². The van der Waals surface area contributed by atoms with Crippen molar-refractivity contribution in [3.05, 3.63) is 41.8 Å². The molecule has 0 N–H and O–H groups in total. The maximum atomic E-state index is 12.4. The fourth-order valence-corrected chi connectivity index (χ4v) is 4.60. The number of ketones is 1. The monoisotopic (exact) mass is 272 g/mol. The molecule has 2 heteroatoms. The molecule has 0 saturated heterocycles. The Balaban J connectivity index is 1.80. The zero-order chi connectivity index (χ0) is 13.5. The summed E-state index contributed by atoms with van der Waals surface area (Å²) in [6.07, 6.45) is 5.22. The Kier molecular flexibility index (Phi) is 3.09. The lowest BCUT2D eigenvalue weighted by molar-refractivity contribution is -0.126. The third-order valence-corrected chi connectivity index (χ3v) is 6.10. The molecule has 2 aliphatic carbocycles. The molecule has 1 aromatic carbocycles. The topological polar surface area (TPSA) is 17.1 Å². The quantitative estimate of drug-likeness (QED) is 0.743. The highest BCUT2D eigenvalue weighted by molar-refractivity contribution is 8.02. The van der Waals surface area contributed by atoms with Crippen molar-refractivity contribution in [3.8, 4) is 0 Å². The molecule has 2 aliphatic rings.